The zero-order chi connectivity index (χ0) is 15.9. The molecule has 5 heteroatoms. The van der Waals surface area contributed by atoms with Crippen molar-refractivity contribution in [1.29, 1.82) is 0 Å². The predicted molar refractivity (Wildman–Crippen MR) is 92.6 cm³/mol. The minimum absolute atomic E-state index is 0.00494. The first-order chi connectivity index (χ1) is 10.6. The summed E-state index contributed by atoms with van der Waals surface area (Å²) in [5, 5.41) is 6.90. The molecule has 0 heterocycles. The lowest BCUT2D eigenvalue weighted by molar-refractivity contribution is -0.120. The zero-order valence-electron chi connectivity index (χ0n) is 12.3. The Balaban J connectivity index is 1.93. The van der Waals surface area contributed by atoms with Crippen molar-refractivity contribution < 1.29 is 4.79 Å². The Morgan fingerprint density at radius 1 is 1.09 bits per heavy atom. The number of carbonyl (C=O) groups is 1. The Hall–Kier alpha value is -1.71. The molecule has 0 aliphatic carbocycles. The topological polar surface area (TPSA) is 41.1 Å². The largest absolute Gasteiger partial charge is 0.375 e. The molecule has 2 rings (SSSR count). The summed E-state index contributed by atoms with van der Waals surface area (Å²) in [5.41, 5.74) is 1.75. The van der Waals surface area contributed by atoms with E-state index in [0.29, 0.717) is 15.7 Å². The van der Waals surface area contributed by atoms with Gasteiger partial charge in [0, 0.05) is 0 Å². The summed E-state index contributed by atoms with van der Waals surface area (Å²) in [6.45, 7) is 2.18. The fraction of sp³-hybridized carbons (Fsp3) is 0.235. The number of amides is 1. The van der Waals surface area contributed by atoms with Gasteiger partial charge in [0.05, 0.1) is 28.3 Å². The van der Waals surface area contributed by atoms with Gasteiger partial charge in [-0.25, -0.2) is 0 Å². The molecular formula is C17H18Cl2N2O. The summed E-state index contributed by atoms with van der Waals surface area (Å²) < 4.78 is 0. The Kier molecular flexibility index (Phi) is 6.10. The molecule has 1 atom stereocenters. The van der Waals surface area contributed by atoms with Gasteiger partial charge in [-0.15, -0.1) is 0 Å². The Morgan fingerprint density at radius 3 is 2.50 bits per heavy atom. The summed E-state index contributed by atoms with van der Waals surface area (Å²) in [6, 6.07) is 15.2. The Morgan fingerprint density at radius 2 is 1.82 bits per heavy atom. The van der Waals surface area contributed by atoms with Gasteiger partial charge in [-0.3, -0.25) is 4.79 Å². The molecular weight excluding hydrogens is 319 g/mol. The first-order valence-electron chi connectivity index (χ1n) is 7.14. The molecule has 22 heavy (non-hydrogen) atoms. The second-order valence-corrected chi connectivity index (χ2v) is 5.68. The molecule has 0 bridgehead atoms. The van der Waals surface area contributed by atoms with Gasteiger partial charge in [-0.05, 0) is 24.1 Å². The van der Waals surface area contributed by atoms with Crippen LogP contribution >= 0.6 is 23.2 Å². The summed E-state index contributed by atoms with van der Waals surface area (Å²) in [4.78, 5) is 12.1. The standard InChI is InChI=1S/C17H18Cl2N2O/c1-2-14(12-7-4-3-5-8-12)21-16(22)11-20-15-10-6-9-13(18)17(15)19/h3-10,14,20H,2,11H2,1H3,(H,21,22). The monoisotopic (exact) mass is 336 g/mol. The van der Waals surface area contributed by atoms with Crippen molar-refractivity contribution in [1.82, 2.24) is 5.32 Å². The summed E-state index contributed by atoms with van der Waals surface area (Å²) in [5.74, 6) is -0.0910. The van der Waals surface area contributed by atoms with Crippen molar-refractivity contribution in [2.45, 2.75) is 19.4 Å². The van der Waals surface area contributed by atoms with Crippen LogP contribution in [0.1, 0.15) is 24.9 Å². The molecule has 0 saturated carbocycles. The third-order valence-corrected chi connectivity index (χ3v) is 4.16. The SMILES string of the molecule is CCC(NC(=O)CNc1cccc(Cl)c1Cl)c1ccccc1. The quantitative estimate of drug-likeness (QED) is 0.804. The first-order valence-corrected chi connectivity index (χ1v) is 7.89. The van der Waals surface area contributed by atoms with E-state index in [0.717, 1.165) is 12.0 Å². The fourth-order valence-corrected chi connectivity index (χ4v) is 2.53. The average molecular weight is 337 g/mol. The molecule has 0 aromatic heterocycles. The van der Waals surface area contributed by atoms with Gasteiger partial charge in [0.1, 0.15) is 0 Å². The van der Waals surface area contributed by atoms with Crippen molar-refractivity contribution in [3.63, 3.8) is 0 Å². The van der Waals surface area contributed by atoms with Gasteiger partial charge < -0.3 is 10.6 Å². The number of rotatable bonds is 6. The van der Waals surface area contributed by atoms with Crippen LogP contribution in [0, 0.1) is 0 Å². The first kappa shape index (κ1) is 16.7. The van der Waals surface area contributed by atoms with Crippen LogP contribution in [0.4, 0.5) is 5.69 Å². The van der Waals surface area contributed by atoms with Gasteiger partial charge in [0.15, 0.2) is 0 Å². The van der Waals surface area contributed by atoms with Crippen LogP contribution in [0.25, 0.3) is 0 Å². The summed E-state index contributed by atoms with van der Waals surface area (Å²) in [6.07, 6.45) is 0.827. The number of hydrogen-bond donors (Lipinski definition) is 2. The van der Waals surface area contributed by atoms with Crippen LogP contribution in [0.2, 0.25) is 10.0 Å². The fourth-order valence-electron chi connectivity index (χ4n) is 2.17. The number of benzene rings is 2. The molecule has 0 aliphatic rings. The molecule has 1 amide bonds. The molecule has 0 spiro atoms. The average Bonchev–Trinajstić information content (AvgIpc) is 2.55. The lowest BCUT2D eigenvalue weighted by Crippen LogP contribution is -2.33. The summed E-state index contributed by atoms with van der Waals surface area (Å²) in [7, 11) is 0. The van der Waals surface area contributed by atoms with Gasteiger partial charge in [0.2, 0.25) is 5.91 Å². The van der Waals surface area contributed by atoms with Crippen molar-refractivity contribution in [2.75, 3.05) is 11.9 Å². The highest BCUT2D eigenvalue weighted by Gasteiger charge is 2.12. The maximum atomic E-state index is 12.1. The highest BCUT2D eigenvalue weighted by atomic mass is 35.5. The number of halogens is 2. The molecule has 116 valence electrons. The Labute approximate surface area is 140 Å². The maximum absolute atomic E-state index is 12.1. The normalized spacial score (nSPS) is 11.8. The van der Waals surface area contributed by atoms with E-state index in [-0.39, 0.29) is 18.5 Å². The molecule has 3 nitrogen and oxygen atoms in total. The minimum Gasteiger partial charge on any atom is -0.375 e. The van der Waals surface area contributed by atoms with Crippen LogP contribution in [-0.2, 0) is 4.79 Å². The third kappa shape index (κ3) is 4.39. The molecule has 2 N–H and O–H groups in total. The third-order valence-electron chi connectivity index (χ3n) is 3.34. The molecule has 0 fully saturated rings. The van der Waals surface area contributed by atoms with Crippen LogP contribution in [-0.4, -0.2) is 12.5 Å². The van der Waals surface area contributed by atoms with Crippen molar-refractivity contribution in [3.8, 4) is 0 Å². The lowest BCUT2D eigenvalue weighted by atomic mass is 10.0. The zero-order valence-corrected chi connectivity index (χ0v) is 13.8. The summed E-state index contributed by atoms with van der Waals surface area (Å²) >= 11 is 12.0. The van der Waals surface area contributed by atoms with Gasteiger partial charge in [0.25, 0.3) is 0 Å². The van der Waals surface area contributed by atoms with E-state index in [1.807, 2.05) is 37.3 Å². The Bertz CT molecular complexity index is 632. The number of hydrogen-bond acceptors (Lipinski definition) is 2. The minimum atomic E-state index is -0.0910. The van der Waals surface area contributed by atoms with E-state index >= 15 is 0 Å². The highest BCUT2D eigenvalue weighted by molar-refractivity contribution is 6.43. The van der Waals surface area contributed by atoms with E-state index in [4.69, 9.17) is 23.2 Å². The van der Waals surface area contributed by atoms with E-state index in [9.17, 15) is 4.79 Å². The number of anilines is 1. The molecule has 2 aromatic rings. The maximum Gasteiger partial charge on any atom is 0.239 e. The molecule has 0 radical (unpaired) electrons. The van der Waals surface area contributed by atoms with E-state index < -0.39 is 0 Å². The van der Waals surface area contributed by atoms with E-state index in [2.05, 4.69) is 10.6 Å². The van der Waals surface area contributed by atoms with Gasteiger partial charge in [-0.2, -0.15) is 0 Å². The molecule has 0 saturated heterocycles. The number of nitrogens with one attached hydrogen (secondary N) is 2. The van der Waals surface area contributed by atoms with E-state index in [1.54, 1.807) is 18.2 Å². The van der Waals surface area contributed by atoms with Crippen LogP contribution in [0.15, 0.2) is 48.5 Å². The highest BCUT2D eigenvalue weighted by Crippen LogP contribution is 2.29. The molecule has 1 unspecified atom stereocenters. The lowest BCUT2D eigenvalue weighted by Gasteiger charge is -2.18. The van der Waals surface area contributed by atoms with E-state index in [1.165, 1.54) is 0 Å². The van der Waals surface area contributed by atoms with Crippen molar-refractivity contribution >= 4 is 34.8 Å². The molecule has 2 aromatic carbocycles. The second-order valence-electron chi connectivity index (χ2n) is 4.89. The second kappa shape index (κ2) is 8.06. The number of carbonyl (C=O) groups excluding carboxylic acids is 1. The van der Waals surface area contributed by atoms with Crippen molar-refractivity contribution in [2.24, 2.45) is 0 Å². The van der Waals surface area contributed by atoms with Crippen LogP contribution in [0.5, 0.6) is 0 Å². The predicted octanol–water partition coefficient (Wildman–Crippen LogP) is 4.67. The molecule has 0 aliphatic heterocycles. The van der Waals surface area contributed by atoms with Crippen LogP contribution in [0.3, 0.4) is 0 Å². The van der Waals surface area contributed by atoms with Gasteiger partial charge in [-0.1, -0.05) is 66.5 Å². The van der Waals surface area contributed by atoms with Crippen molar-refractivity contribution in [3.05, 3.63) is 64.1 Å². The van der Waals surface area contributed by atoms with Gasteiger partial charge >= 0.3 is 0 Å². The van der Waals surface area contributed by atoms with Crippen LogP contribution < -0.4 is 10.6 Å². The smallest absolute Gasteiger partial charge is 0.239 e.